The predicted molar refractivity (Wildman–Crippen MR) is 46.8 cm³/mol. The van der Waals surface area contributed by atoms with Crippen molar-refractivity contribution in [2.45, 2.75) is 19.9 Å². The van der Waals surface area contributed by atoms with Crippen LogP contribution in [0.5, 0.6) is 0 Å². The molecule has 1 unspecified atom stereocenters. The van der Waals surface area contributed by atoms with Crippen LogP contribution in [0.15, 0.2) is 0 Å². The van der Waals surface area contributed by atoms with E-state index in [4.69, 9.17) is 5.26 Å². The van der Waals surface area contributed by atoms with Gasteiger partial charge in [-0.25, -0.2) is 0 Å². The summed E-state index contributed by atoms with van der Waals surface area (Å²) >= 11 is 0. The lowest BCUT2D eigenvalue weighted by Crippen LogP contribution is -2.59. The molecule has 1 aliphatic heterocycles. The van der Waals surface area contributed by atoms with Gasteiger partial charge in [-0.3, -0.25) is 9.69 Å². The standard InChI is InChI=1S/C9H14N2O2/c1-7(8(12)13-3)11-5-9(2,4-10)6-11/h7H,5-6H2,1-3H3. The van der Waals surface area contributed by atoms with Gasteiger partial charge in [0.15, 0.2) is 0 Å². The minimum atomic E-state index is -0.276. The molecule has 0 bridgehead atoms. The summed E-state index contributed by atoms with van der Waals surface area (Å²) in [6.45, 7) is 5.00. The molecule has 72 valence electrons. The molecule has 1 fully saturated rings. The van der Waals surface area contributed by atoms with E-state index in [-0.39, 0.29) is 17.4 Å². The van der Waals surface area contributed by atoms with Gasteiger partial charge in [0.2, 0.25) is 0 Å². The molecule has 0 aromatic heterocycles. The van der Waals surface area contributed by atoms with Gasteiger partial charge in [-0.1, -0.05) is 0 Å². The monoisotopic (exact) mass is 182 g/mol. The Bertz CT molecular complexity index is 251. The molecule has 4 heteroatoms. The Hall–Kier alpha value is -1.08. The first-order valence-corrected chi connectivity index (χ1v) is 4.25. The number of ether oxygens (including phenoxy) is 1. The number of esters is 1. The zero-order chi connectivity index (χ0) is 10.1. The highest BCUT2D eigenvalue weighted by Crippen LogP contribution is 2.30. The SMILES string of the molecule is COC(=O)C(C)N1CC(C)(C#N)C1. The van der Waals surface area contributed by atoms with Gasteiger partial charge in [0.25, 0.3) is 0 Å². The fourth-order valence-electron chi connectivity index (χ4n) is 1.51. The maximum absolute atomic E-state index is 11.1. The van der Waals surface area contributed by atoms with Crippen molar-refractivity contribution in [3.05, 3.63) is 0 Å². The molecule has 0 spiro atoms. The van der Waals surface area contributed by atoms with Crippen LogP contribution in [0.4, 0.5) is 0 Å². The van der Waals surface area contributed by atoms with Crippen molar-refractivity contribution in [1.82, 2.24) is 4.90 Å². The number of likely N-dealkylation sites (tertiary alicyclic amines) is 1. The zero-order valence-electron chi connectivity index (χ0n) is 8.20. The summed E-state index contributed by atoms with van der Waals surface area (Å²) in [5.41, 5.74) is -0.276. The summed E-state index contributed by atoms with van der Waals surface area (Å²) in [6.07, 6.45) is 0. The van der Waals surface area contributed by atoms with Crippen LogP contribution in [-0.2, 0) is 9.53 Å². The van der Waals surface area contributed by atoms with Crippen LogP contribution < -0.4 is 0 Å². The Labute approximate surface area is 78.1 Å². The van der Waals surface area contributed by atoms with Crippen molar-refractivity contribution in [1.29, 1.82) is 5.26 Å². The second-order valence-electron chi connectivity index (χ2n) is 3.78. The molecular weight excluding hydrogens is 168 g/mol. The fourth-order valence-corrected chi connectivity index (χ4v) is 1.51. The van der Waals surface area contributed by atoms with Gasteiger partial charge >= 0.3 is 5.97 Å². The number of methoxy groups -OCH3 is 1. The van der Waals surface area contributed by atoms with E-state index in [1.807, 2.05) is 11.8 Å². The number of nitriles is 1. The predicted octanol–water partition coefficient (Wildman–Crippen LogP) is 0.393. The van der Waals surface area contributed by atoms with E-state index in [0.29, 0.717) is 13.1 Å². The van der Waals surface area contributed by atoms with Gasteiger partial charge in [0, 0.05) is 13.1 Å². The van der Waals surface area contributed by atoms with Crippen LogP contribution in [0.3, 0.4) is 0 Å². The minimum Gasteiger partial charge on any atom is -0.468 e. The van der Waals surface area contributed by atoms with E-state index in [2.05, 4.69) is 10.8 Å². The molecule has 1 rings (SSSR count). The number of carbonyl (C=O) groups excluding carboxylic acids is 1. The van der Waals surface area contributed by atoms with Crippen molar-refractivity contribution >= 4 is 5.97 Å². The lowest BCUT2D eigenvalue weighted by molar-refractivity contribution is -0.150. The van der Waals surface area contributed by atoms with Gasteiger partial charge in [0.05, 0.1) is 18.6 Å². The average molecular weight is 182 g/mol. The quantitative estimate of drug-likeness (QED) is 0.580. The molecule has 0 radical (unpaired) electrons. The van der Waals surface area contributed by atoms with Gasteiger partial charge in [-0.05, 0) is 13.8 Å². The summed E-state index contributed by atoms with van der Waals surface area (Å²) in [4.78, 5) is 13.0. The van der Waals surface area contributed by atoms with Crippen molar-refractivity contribution in [2.75, 3.05) is 20.2 Å². The molecule has 1 atom stereocenters. The summed E-state index contributed by atoms with van der Waals surface area (Å²) in [7, 11) is 1.38. The zero-order valence-corrected chi connectivity index (χ0v) is 8.20. The van der Waals surface area contributed by atoms with Gasteiger partial charge in [-0.2, -0.15) is 5.26 Å². The van der Waals surface area contributed by atoms with Crippen LogP contribution in [0.1, 0.15) is 13.8 Å². The van der Waals surface area contributed by atoms with Crippen LogP contribution in [-0.4, -0.2) is 37.1 Å². The molecule has 1 saturated heterocycles. The number of carbonyl (C=O) groups is 1. The number of nitrogens with zero attached hydrogens (tertiary/aromatic N) is 2. The van der Waals surface area contributed by atoms with E-state index in [1.165, 1.54) is 7.11 Å². The summed E-state index contributed by atoms with van der Waals surface area (Å²) in [5, 5.41) is 8.75. The second kappa shape index (κ2) is 3.35. The van der Waals surface area contributed by atoms with Gasteiger partial charge < -0.3 is 4.74 Å². The molecule has 0 aliphatic carbocycles. The molecular formula is C9H14N2O2. The molecule has 13 heavy (non-hydrogen) atoms. The van der Waals surface area contributed by atoms with E-state index in [1.54, 1.807) is 6.92 Å². The van der Waals surface area contributed by atoms with Crippen molar-refractivity contribution in [3.63, 3.8) is 0 Å². The molecule has 1 heterocycles. The maximum atomic E-state index is 11.1. The highest BCUT2D eigenvalue weighted by Gasteiger charge is 2.43. The highest BCUT2D eigenvalue weighted by atomic mass is 16.5. The first-order chi connectivity index (χ1) is 6.02. The van der Waals surface area contributed by atoms with Gasteiger partial charge in [0.1, 0.15) is 6.04 Å². The normalized spacial score (nSPS) is 22.6. The molecule has 0 N–H and O–H groups in total. The minimum absolute atomic E-state index is 0.230. The maximum Gasteiger partial charge on any atom is 0.322 e. The molecule has 0 aromatic carbocycles. The lowest BCUT2D eigenvalue weighted by atomic mass is 9.82. The molecule has 4 nitrogen and oxygen atoms in total. The second-order valence-corrected chi connectivity index (χ2v) is 3.78. The van der Waals surface area contributed by atoms with Crippen molar-refractivity contribution in [3.8, 4) is 6.07 Å². The van der Waals surface area contributed by atoms with E-state index >= 15 is 0 Å². The Morgan fingerprint density at radius 1 is 1.69 bits per heavy atom. The highest BCUT2D eigenvalue weighted by molar-refractivity contribution is 5.75. The van der Waals surface area contributed by atoms with Crippen LogP contribution in [0.25, 0.3) is 0 Å². The smallest absolute Gasteiger partial charge is 0.322 e. The Morgan fingerprint density at radius 3 is 2.62 bits per heavy atom. The lowest BCUT2D eigenvalue weighted by Gasteiger charge is -2.45. The van der Waals surface area contributed by atoms with Crippen LogP contribution in [0.2, 0.25) is 0 Å². The molecule has 1 aliphatic rings. The first-order valence-electron chi connectivity index (χ1n) is 4.25. The summed E-state index contributed by atoms with van der Waals surface area (Å²) in [5.74, 6) is -0.236. The number of hydrogen-bond acceptors (Lipinski definition) is 4. The number of hydrogen-bond donors (Lipinski definition) is 0. The summed E-state index contributed by atoms with van der Waals surface area (Å²) < 4.78 is 4.61. The van der Waals surface area contributed by atoms with Gasteiger partial charge in [-0.15, -0.1) is 0 Å². The third-order valence-corrected chi connectivity index (χ3v) is 2.46. The summed E-state index contributed by atoms with van der Waals surface area (Å²) in [6, 6.07) is 2.00. The molecule has 0 aromatic rings. The fraction of sp³-hybridized carbons (Fsp3) is 0.778. The molecule has 0 saturated carbocycles. The van der Waals surface area contributed by atoms with Crippen LogP contribution >= 0.6 is 0 Å². The average Bonchev–Trinajstić information content (AvgIpc) is 2.10. The molecule has 0 amide bonds. The largest absolute Gasteiger partial charge is 0.468 e. The van der Waals surface area contributed by atoms with Crippen molar-refractivity contribution < 1.29 is 9.53 Å². The first kappa shape index (κ1) is 10.0. The Kier molecular flexibility index (Phi) is 2.58. The van der Waals surface area contributed by atoms with E-state index in [0.717, 1.165) is 0 Å². The topological polar surface area (TPSA) is 53.3 Å². The van der Waals surface area contributed by atoms with Crippen LogP contribution in [0, 0.1) is 16.7 Å². The van der Waals surface area contributed by atoms with E-state index in [9.17, 15) is 4.79 Å². The third-order valence-electron chi connectivity index (χ3n) is 2.46. The van der Waals surface area contributed by atoms with Crippen molar-refractivity contribution in [2.24, 2.45) is 5.41 Å². The Morgan fingerprint density at radius 2 is 2.23 bits per heavy atom. The third kappa shape index (κ3) is 1.81. The number of rotatable bonds is 2. The Balaban J connectivity index is 2.44. The van der Waals surface area contributed by atoms with E-state index < -0.39 is 0 Å².